The first kappa shape index (κ1) is 16.9. The highest BCUT2D eigenvalue weighted by Gasteiger charge is 2.17. The summed E-state index contributed by atoms with van der Waals surface area (Å²) < 4.78 is 30.1. The maximum atomic E-state index is 12.4. The van der Waals surface area contributed by atoms with E-state index in [1.54, 1.807) is 48.7 Å². The van der Waals surface area contributed by atoms with Crippen LogP contribution in [0.1, 0.15) is 11.1 Å². The Morgan fingerprint density at radius 3 is 2.20 bits per heavy atom. The minimum Gasteiger partial charge on any atom is -0.378 e. The van der Waals surface area contributed by atoms with Gasteiger partial charge in [0.15, 0.2) is 5.75 Å². The third kappa shape index (κ3) is 4.33. The van der Waals surface area contributed by atoms with Crippen LogP contribution in [0.25, 0.3) is 0 Å². The molecule has 0 aliphatic heterocycles. The Labute approximate surface area is 147 Å². The van der Waals surface area contributed by atoms with E-state index in [9.17, 15) is 8.42 Å². The molecule has 4 nitrogen and oxygen atoms in total. The Morgan fingerprint density at radius 1 is 0.840 bits per heavy atom. The molecule has 0 fully saturated rings. The predicted molar refractivity (Wildman–Crippen MR) is 99.1 cm³/mol. The van der Waals surface area contributed by atoms with Crippen molar-refractivity contribution in [3.8, 4) is 5.75 Å². The molecule has 3 rings (SSSR count). The van der Waals surface area contributed by atoms with E-state index >= 15 is 0 Å². The predicted octanol–water partition coefficient (Wildman–Crippen LogP) is 4.51. The number of nitrogens with zero attached hydrogens (tertiary/aromatic N) is 1. The number of aryl methyl sites for hydroxylation is 1. The lowest BCUT2D eigenvalue weighted by atomic mass is 10.2. The number of para-hydroxylation sites is 1. The summed E-state index contributed by atoms with van der Waals surface area (Å²) in [7, 11) is -3.89. The lowest BCUT2D eigenvalue weighted by Crippen LogP contribution is -2.10. The molecule has 25 heavy (non-hydrogen) atoms. The van der Waals surface area contributed by atoms with Crippen LogP contribution in [0.15, 0.2) is 88.8 Å². The normalized spacial score (nSPS) is 11.6. The van der Waals surface area contributed by atoms with E-state index in [4.69, 9.17) is 4.18 Å². The Kier molecular flexibility index (Phi) is 4.95. The molecule has 5 heteroatoms. The first-order valence-corrected chi connectivity index (χ1v) is 9.15. The maximum Gasteiger partial charge on any atom is 0.339 e. The zero-order valence-corrected chi connectivity index (χ0v) is 14.5. The summed E-state index contributed by atoms with van der Waals surface area (Å²) in [5, 5.41) is 0. The quantitative estimate of drug-likeness (QED) is 0.502. The topological polar surface area (TPSA) is 55.7 Å². The largest absolute Gasteiger partial charge is 0.378 e. The van der Waals surface area contributed by atoms with Gasteiger partial charge < -0.3 is 4.18 Å². The lowest BCUT2D eigenvalue weighted by Gasteiger charge is -2.09. The fourth-order valence-electron chi connectivity index (χ4n) is 2.19. The van der Waals surface area contributed by atoms with Gasteiger partial charge in [-0.1, -0.05) is 48.0 Å². The van der Waals surface area contributed by atoms with Gasteiger partial charge in [0, 0.05) is 11.8 Å². The Balaban J connectivity index is 1.87. The first-order valence-electron chi connectivity index (χ1n) is 7.74. The lowest BCUT2D eigenvalue weighted by molar-refractivity contribution is 0.485. The summed E-state index contributed by atoms with van der Waals surface area (Å²) in [6, 6.07) is 22.7. The molecule has 0 saturated carbocycles. The van der Waals surface area contributed by atoms with E-state index in [0.717, 1.165) is 11.3 Å². The summed E-state index contributed by atoms with van der Waals surface area (Å²) in [5.41, 5.74) is 2.52. The average molecular weight is 351 g/mol. The van der Waals surface area contributed by atoms with E-state index in [1.165, 1.54) is 12.1 Å². The molecule has 0 aromatic heterocycles. The van der Waals surface area contributed by atoms with Gasteiger partial charge in [-0.2, -0.15) is 8.42 Å². The van der Waals surface area contributed by atoms with E-state index < -0.39 is 10.1 Å². The molecule has 0 heterocycles. The average Bonchev–Trinajstić information content (AvgIpc) is 2.63. The molecule has 0 spiro atoms. The monoisotopic (exact) mass is 351 g/mol. The van der Waals surface area contributed by atoms with Crippen LogP contribution in [0.2, 0.25) is 0 Å². The molecule has 0 saturated heterocycles. The van der Waals surface area contributed by atoms with E-state index in [1.807, 2.05) is 31.2 Å². The molecule has 0 unspecified atom stereocenters. The minimum atomic E-state index is -3.89. The van der Waals surface area contributed by atoms with Crippen LogP contribution < -0.4 is 4.18 Å². The zero-order chi connectivity index (χ0) is 17.7. The molecule has 3 aromatic rings. The first-order chi connectivity index (χ1) is 12.0. The molecule has 3 aromatic carbocycles. The van der Waals surface area contributed by atoms with Gasteiger partial charge in [-0.15, -0.1) is 0 Å². The molecule has 0 amide bonds. The van der Waals surface area contributed by atoms with Crippen molar-refractivity contribution in [3.63, 3.8) is 0 Å². The third-order valence-corrected chi connectivity index (χ3v) is 4.79. The summed E-state index contributed by atoms with van der Waals surface area (Å²) in [6.45, 7) is 2.01. The summed E-state index contributed by atoms with van der Waals surface area (Å²) in [5.74, 6) is 0.238. The van der Waals surface area contributed by atoms with Crippen molar-refractivity contribution >= 4 is 22.0 Å². The van der Waals surface area contributed by atoms with Gasteiger partial charge in [0.2, 0.25) is 0 Å². The van der Waals surface area contributed by atoms with Crippen LogP contribution in [-0.2, 0) is 10.1 Å². The molecular weight excluding hydrogens is 334 g/mol. The van der Waals surface area contributed by atoms with Gasteiger partial charge in [0.1, 0.15) is 4.90 Å². The van der Waals surface area contributed by atoms with Gasteiger partial charge in [-0.3, -0.25) is 4.99 Å². The van der Waals surface area contributed by atoms with Crippen molar-refractivity contribution < 1.29 is 12.6 Å². The number of hydrogen-bond donors (Lipinski definition) is 0. The molecule has 126 valence electrons. The summed E-state index contributed by atoms with van der Waals surface area (Å²) in [4.78, 5) is 4.49. The SMILES string of the molecule is Cc1ccc(N=Cc2ccccc2OS(=O)(=O)c2ccccc2)cc1. The van der Waals surface area contributed by atoms with Gasteiger partial charge in [-0.25, -0.2) is 0 Å². The second-order valence-electron chi connectivity index (χ2n) is 5.48. The standard InChI is InChI=1S/C20H17NO3S/c1-16-11-13-18(14-12-16)21-15-17-7-5-6-10-20(17)24-25(22,23)19-8-3-2-4-9-19/h2-15H,1H3. The number of aliphatic imine (C=N–C) groups is 1. The van der Waals surface area contributed by atoms with Crippen LogP contribution in [0.4, 0.5) is 5.69 Å². The van der Waals surface area contributed by atoms with Gasteiger partial charge in [0.25, 0.3) is 0 Å². The second-order valence-corrected chi connectivity index (χ2v) is 7.03. The minimum absolute atomic E-state index is 0.111. The van der Waals surface area contributed by atoms with E-state index in [-0.39, 0.29) is 10.6 Å². The van der Waals surface area contributed by atoms with Gasteiger partial charge in [0.05, 0.1) is 5.69 Å². The van der Waals surface area contributed by atoms with Crippen molar-refractivity contribution in [3.05, 3.63) is 90.0 Å². The third-order valence-electron chi connectivity index (χ3n) is 3.54. The van der Waals surface area contributed by atoms with Crippen LogP contribution in [0, 0.1) is 6.92 Å². The molecule has 0 bridgehead atoms. The zero-order valence-electron chi connectivity index (χ0n) is 13.7. The fourth-order valence-corrected chi connectivity index (χ4v) is 3.17. The maximum absolute atomic E-state index is 12.4. The van der Waals surface area contributed by atoms with E-state index in [2.05, 4.69) is 4.99 Å². The summed E-state index contributed by atoms with van der Waals surface area (Å²) >= 11 is 0. The van der Waals surface area contributed by atoms with Gasteiger partial charge >= 0.3 is 10.1 Å². The van der Waals surface area contributed by atoms with Crippen LogP contribution in [0.3, 0.4) is 0 Å². The molecule has 0 N–H and O–H groups in total. The molecule has 0 aliphatic rings. The van der Waals surface area contributed by atoms with Crippen molar-refractivity contribution in [2.45, 2.75) is 11.8 Å². The molecule has 0 atom stereocenters. The highest BCUT2D eigenvalue weighted by molar-refractivity contribution is 7.87. The van der Waals surface area contributed by atoms with E-state index in [0.29, 0.717) is 5.56 Å². The van der Waals surface area contributed by atoms with Gasteiger partial charge in [-0.05, 0) is 43.3 Å². The number of hydrogen-bond acceptors (Lipinski definition) is 4. The van der Waals surface area contributed by atoms with Crippen molar-refractivity contribution in [1.29, 1.82) is 0 Å². The molecule has 0 radical (unpaired) electrons. The van der Waals surface area contributed by atoms with Crippen molar-refractivity contribution in [2.75, 3.05) is 0 Å². The fraction of sp³-hybridized carbons (Fsp3) is 0.0500. The molecule has 0 aliphatic carbocycles. The van der Waals surface area contributed by atoms with Crippen molar-refractivity contribution in [2.24, 2.45) is 4.99 Å². The van der Waals surface area contributed by atoms with Crippen LogP contribution in [-0.4, -0.2) is 14.6 Å². The van der Waals surface area contributed by atoms with Crippen molar-refractivity contribution in [1.82, 2.24) is 0 Å². The molecular formula is C20H17NO3S. The number of rotatable bonds is 5. The van der Waals surface area contributed by atoms with Crippen LogP contribution >= 0.6 is 0 Å². The smallest absolute Gasteiger partial charge is 0.339 e. The van der Waals surface area contributed by atoms with Crippen LogP contribution in [0.5, 0.6) is 5.75 Å². The Morgan fingerprint density at radius 2 is 1.48 bits per heavy atom. The summed E-state index contributed by atoms with van der Waals surface area (Å²) in [6.07, 6.45) is 1.60. The highest BCUT2D eigenvalue weighted by Crippen LogP contribution is 2.22. The Hall–Kier alpha value is -2.92. The Bertz CT molecular complexity index is 979. The highest BCUT2D eigenvalue weighted by atomic mass is 32.2. The number of benzene rings is 3. The second kappa shape index (κ2) is 7.32.